The summed E-state index contributed by atoms with van der Waals surface area (Å²) >= 11 is 3.14. The molecule has 0 bridgehead atoms. The van der Waals surface area contributed by atoms with Crippen molar-refractivity contribution in [2.24, 2.45) is 0 Å². The molecule has 1 aromatic heterocycles. The third-order valence-corrected chi connectivity index (χ3v) is 5.28. The lowest BCUT2D eigenvalue weighted by Crippen LogP contribution is -2.26. The molecule has 0 amide bonds. The van der Waals surface area contributed by atoms with Crippen LogP contribution in [0, 0.1) is 12.7 Å². The average Bonchev–Trinajstić information content (AvgIpc) is 2.80. The number of hydrogen-bond acceptors (Lipinski definition) is 4. The molecule has 0 radical (unpaired) electrons. The Balaban J connectivity index is 2.33. The molecule has 1 heterocycles. The van der Waals surface area contributed by atoms with Gasteiger partial charge in [0.1, 0.15) is 11.6 Å². The number of nitrogens with two attached hydrogens (primary N) is 1. The van der Waals surface area contributed by atoms with Crippen molar-refractivity contribution in [2.75, 3.05) is 12.8 Å². The van der Waals surface area contributed by atoms with E-state index in [0.717, 1.165) is 10.4 Å². The first kappa shape index (κ1) is 16.0. The molecular weight excluding hydrogens is 363 g/mol. The van der Waals surface area contributed by atoms with Gasteiger partial charge in [0.15, 0.2) is 4.67 Å². The van der Waals surface area contributed by atoms with Crippen molar-refractivity contribution in [3.05, 3.63) is 46.1 Å². The Hall–Kier alpha value is -1.38. The molecule has 1 aromatic carbocycles. The van der Waals surface area contributed by atoms with E-state index in [1.807, 2.05) is 0 Å². The maximum absolute atomic E-state index is 13.7. The van der Waals surface area contributed by atoms with Crippen LogP contribution in [0.15, 0.2) is 38.2 Å². The minimum absolute atomic E-state index is 0.0311. The van der Waals surface area contributed by atoms with E-state index >= 15 is 0 Å². The first-order valence-corrected chi connectivity index (χ1v) is 8.21. The lowest BCUT2D eigenvalue weighted by molar-refractivity contribution is 0.398. The van der Waals surface area contributed by atoms with Crippen molar-refractivity contribution in [2.45, 2.75) is 18.4 Å². The predicted octanol–water partition coefficient (Wildman–Crippen LogP) is 2.89. The van der Waals surface area contributed by atoms with E-state index in [1.165, 1.54) is 20.0 Å². The number of halogens is 2. The molecule has 0 fully saturated rings. The third kappa shape index (κ3) is 3.28. The first-order valence-electron chi connectivity index (χ1n) is 5.98. The second-order valence-electron chi connectivity index (χ2n) is 4.59. The monoisotopic (exact) mass is 376 g/mol. The van der Waals surface area contributed by atoms with E-state index in [1.54, 1.807) is 12.1 Å². The van der Waals surface area contributed by atoms with E-state index in [4.69, 9.17) is 10.2 Å². The molecule has 8 heteroatoms. The van der Waals surface area contributed by atoms with Gasteiger partial charge in [-0.25, -0.2) is 12.8 Å². The Morgan fingerprint density at radius 1 is 1.38 bits per heavy atom. The number of nitrogen functional groups attached to an aromatic ring is 1. The van der Waals surface area contributed by atoms with Gasteiger partial charge in [-0.3, -0.25) is 0 Å². The maximum atomic E-state index is 13.7. The number of furan rings is 1. The Morgan fingerprint density at radius 3 is 2.57 bits per heavy atom. The fourth-order valence-electron chi connectivity index (χ4n) is 1.74. The van der Waals surface area contributed by atoms with Crippen molar-refractivity contribution in [3.8, 4) is 0 Å². The summed E-state index contributed by atoms with van der Waals surface area (Å²) in [6, 6.07) is 5.54. The summed E-state index contributed by atoms with van der Waals surface area (Å²) < 4.78 is 45.3. The molecule has 0 spiro atoms. The molecule has 0 atom stereocenters. The number of benzene rings is 1. The minimum atomic E-state index is -3.85. The van der Waals surface area contributed by atoms with Crippen LogP contribution in [0.1, 0.15) is 11.3 Å². The normalized spacial score (nSPS) is 12.0. The van der Waals surface area contributed by atoms with E-state index in [9.17, 15) is 12.8 Å². The van der Waals surface area contributed by atoms with Crippen molar-refractivity contribution in [1.29, 1.82) is 0 Å². The van der Waals surface area contributed by atoms with Gasteiger partial charge >= 0.3 is 0 Å². The quantitative estimate of drug-likeness (QED) is 0.832. The second kappa shape index (κ2) is 5.78. The summed E-state index contributed by atoms with van der Waals surface area (Å²) in [5.74, 6) is -0.184. The number of nitrogens with zero attached hydrogens (tertiary/aromatic N) is 1. The Bertz CT molecular complexity index is 750. The van der Waals surface area contributed by atoms with Gasteiger partial charge in [0, 0.05) is 18.3 Å². The lowest BCUT2D eigenvalue weighted by atomic mass is 10.2. The largest absolute Gasteiger partial charge is 0.453 e. The van der Waals surface area contributed by atoms with Crippen LogP contribution in [-0.4, -0.2) is 19.8 Å². The molecule has 0 saturated carbocycles. The summed E-state index contributed by atoms with van der Waals surface area (Å²) in [6.45, 7) is 1.52. The zero-order chi connectivity index (χ0) is 15.8. The van der Waals surface area contributed by atoms with E-state index in [0.29, 0.717) is 10.4 Å². The molecule has 0 saturated heterocycles. The molecule has 21 heavy (non-hydrogen) atoms. The van der Waals surface area contributed by atoms with Gasteiger partial charge in [-0.2, -0.15) is 4.31 Å². The van der Waals surface area contributed by atoms with Crippen molar-refractivity contribution in [3.63, 3.8) is 0 Å². The zero-order valence-corrected chi connectivity index (χ0v) is 13.8. The first-order chi connectivity index (χ1) is 9.71. The lowest BCUT2D eigenvalue weighted by Gasteiger charge is -2.17. The van der Waals surface area contributed by atoms with Gasteiger partial charge in [-0.1, -0.05) is 0 Å². The van der Waals surface area contributed by atoms with Gasteiger partial charge in [-0.05, 0) is 47.1 Å². The van der Waals surface area contributed by atoms with E-state index in [-0.39, 0.29) is 22.7 Å². The van der Waals surface area contributed by atoms with Crippen LogP contribution in [0.5, 0.6) is 0 Å². The highest BCUT2D eigenvalue weighted by atomic mass is 79.9. The molecule has 0 unspecified atom stereocenters. The summed E-state index contributed by atoms with van der Waals surface area (Å²) in [4.78, 5) is -0.184. The highest BCUT2D eigenvalue weighted by Gasteiger charge is 2.24. The number of sulfonamides is 1. The van der Waals surface area contributed by atoms with Gasteiger partial charge < -0.3 is 10.2 Å². The standard InChI is InChI=1S/C13H14BrFN2O3S/c1-8-11(15)5-10(6-12(8)16)21(18,19)17(2)7-9-3-4-13(14)20-9/h3-6H,7,16H2,1-2H3. The maximum Gasteiger partial charge on any atom is 0.243 e. The van der Waals surface area contributed by atoms with Crippen LogP contribution in [0.2, 0.25) is 0 Å². The molecule has 5 nitrogen and oxygen atoms in total. The van der Waals surface area contributed by atoms with Gasteiger partial charge in [0.05, 0.1) is 11.4 Å². The zero-order valence-electron chi connectivity index (χ0n) is 11.4. The second-order valence-corrected chi connectivity index (χ2v) is 7.41. The van der Waals surface area contributed by atoms with Crippen LogP contribution in [0.3, 0.4) is 0 Å². The highest BCUT2D eigenvalue weighted by Crippen LogP contribution is 2.24. The fraction of sp³-hybridized carbons (Fsp3) is 0.231. The number of rotatable bonds is 4. The van der Waals surface area contributed by atoms with Crippen LogP contribution in [-0.2, 0) is 16.6 Å². The molecule has 0 aliphatic heterocycles. The van der Waals surface area contributed by atoms with Crippen molar-refractivity contribution >= 4 is 31.6 Å². The number of hydrogen-bond donors (Lipinski definition) is 1. The van der Waals surface area contributed by atoms with Gasteiger partial charge in [-0.15, -0.1) is 0 Å². The average molecular weight is 377 g/mol. The fourth-order valence-corrected chi connectivity index (χ4v) is 3.27. The Morgan fingerprint density at radius 2 is 2.05 bits per heavy atom. The molecule has 2 N–H and O–H groups in total. The third-order valence-electron chi connectivity index (χ3n) is 3.07. The van der Waals surface area contributed by atoms with Gasteiger partial charge in [0.25, 0.3) is 0 Å². The molecule has 2 aromatic rings. The Labute approximate surface area is 130 Å². The van der Waals surface area contributed by atoms with E-state index < -0.39 is 15.8 Å². The van der Waals surface area contributed by atoms with E-state index in [2.05, 4.69) is 15.9 Å². The molecular formula is C13H14BrFN2O3S. The molecule has 114 valence electrons. The molecule has 0 aliphatic carbocycles. The summed E-state index contributed by atoms with van der Waals surface area (Å²) in [6.07, 6.45) is 0. The van der Waals surface area contributed by atoms with Crippen LogP contribution < -0.4 is 5.73 Å². The summed E-state index contributed by atoms with van der Waals surface area (Å²) in [5.41, 5.74) is 5.95. The molecule has 2 rings (SSSR count). The summed E-state index contributed by atoms with van der Waals surface area (Å²) in [7, 11) is -2.46. The number of anilines is 1. The predicted molar refractivity (Wildman–Crippen MR) is 80.6 cm³/mol. The smallest absolute Gasteiger partial charge is 0.243 e. The highest BCUT2D eigenvalue weighted by molar-refractivity contribution is 9.10. The topological polar surface area (TPSA) is 76.5 Å². The van der Waals surface area contributed by atoms with Crippen LogP contribution in [0.4, 0.5) is 10.1 Å². The summed E-state index contributed by atoms with van der Waals surface area (Å²) in [5, 5.41) is 0. The van der Waals surface area contributed by atoms with Gasteiger partial charge in [0.2, 0.25) is 10.0 Å². The van der Waals surface area contributed by atoms with Crippen LogP contribution >= 0.6 is 15.9 Å². The SMILES string of the molecule is Cc1c(N)cc(S(=O)(=O)N(C)Cc2ccc(Br)o2)cc1F. The molecule has 0 aliphatic rings. The van der Waals surface area contributed by atoms with Crippen molar-refractivity contribution in [1.82, 2.24) is 4.31 Å². The minimum Gasteiger partial charge on any atom is -0.453 e. The Kier molecular flexibility index (Phi) is 4.40. The van der Waals surface area contributed by atoms with Crippen molar-refractivity contribution < 1.29 is 17.2 Å². The van der Waals surface area contributed by atoms with Crippen LogP contribution in [0.25, 0.3) is 0 Å².